The molecule has 1 aromatic heterocycles. The summed E-state index contributed by atoms with van der Waals surface area (Å²) in [5, 5.41) is 6.30. The van der Waals surface area contributed by atoms with Gasteiger partial charge in [0.05, 0.1) is 0 Å². The smallest absolute Gasteiger partial charge is 0.352 e. The molecule has 0 aliphatic rings. The Labute approximate surface area is 132 Å². The minimum Gasteiger partial charge on any atom is -0.352 e. The van der Waals surface area contributed by atoms with Crippen LogP contribution in [0.1, 0.15) is 33.7 Å². The van der Waals surface area contributed by atoms with Gasteiger partial charge in [0.15, 0.2) is 5.69 Å². The van der Waals surface area contributed by atoms with Crippen LogP contribution in [0.15, 0.2) is 30.3 Å². The number of alkyl halides is 3. The molecule has 0 saturated heterocycles. The van der Waals surface area contributed by atoms with Crippen molar-refractivity contribution in [2.24, 2.45) is 0 Å². The fourth-order valence-corrected chi connectivity index (χ4v) is 2.19. The Morgan fingerprint density at radius 1 is 1.26 bits per heavy atom. The lowest BCUT2D eigenvalue weighted by Gasteiger charge is -2.07. The van der Waals surface area contributed by atoms with Gasteiger partial charge in [-0.2, -0.15) is 18.3 Å². The fraction of sp³-hybridized carbons (Fsp3) is 0.375. The van der Waals surface area contributed by atoms with Gasteiger partial charge in [-0.3, -0.25) is 9.48 Å². The van der Waals surface area contributed by atoms with Crippen molar-refractivity contribution in [3.63, 3.8) is 0 Å². The van der Waals surface area contributed by atoms with Crippen molar-refractivity contribution >= 4 is 5.91 Å². The van der Waals surface area contributed by atoms with Crippen molar-refractivity contribution in [3.05, 3.63) is 52.8 Å². The molecular weight excluding hydrogens is 307 g/mol. The Morgan fingerprint density at radius 2 is 2.00 bits per heavy atom. The molecule has 0 radical (unpaired) electrons. The SMILES string of the molecule is Cc1cccc(C(=O)NCCCn2nc(C(F)(F)F)cc2C)c1. The van der Waals surface area contributed by atoms with E-state index in [1.54, 1.807) is 25.1 Å². The van der Waals surface area contributed by atoms with Crippen LogP contribution in [-0.4, -0.2) is 22.2 Å². The number of nitrogens with one attached hydrogen (secondary N) is 1. The van der Waals surface area contributed by atoms with E-state index in [1.165, 1.54) is 4.68 Å². The molecule has 7 heteroatoms. The summed E-state index contributed by atoms with van der Waals surface area (Å²) < 4.78 is 39.0. The molecule has 1 heterocycles. The second-order valence-corrected chi connectivity index (χ2v) is 5.37. The van der Waals surface area contributed by atoms with Crippen LogP contribution >= 0.6 is 0 Å². The van der Waals surface area contributed by atoms with Crippen LogP contribution in [0.3, 0.4) is 0 Å². The number of carbonyl (C=O) groups is 1. The third-order valence-corrected chi connectivity index (χ3v) is 3.38. The minimum absolute atomic E-state index is 0.193. The molecule has 0 fully saturated rings. The van der Waals surface area contributed by atoms with Crippen LogP contribution in [-0.2, 0) is 12.7 Å². The zero-order valence-corrected chi connectivity index (χ0v) is 12.9. The Kier molecular flexibility index (Phi) is 5.08. The van der Waals surface area contributed by atoms with Crippen LogP contribution in [0.5, 0.6) is 0 Å². The number of amides is 1. The number of aromatic nitrogens is 2. The molecule has 23 heavy (non-hydrogen) atoms. The zero-order chi connectivity index (χ0) is 17.0. The zero-order valence-electron chi connectivity index (χ0n) is 12.9. The molecule has 4 nitrogen and oxygen atoms in total. The number of rotatable bonds is 5. The van der Waals surface area contributed by atoms with Gasteiger partial charge in [-0.05, 0) is 38.5 Å². The van der Waals surface area contributed by atoms with E-state index in [0.717, 1.165) is 11.6 Å². The summed E-state index contributed by atoms with van der Waals surface area (Å²) in [5.41, 5.74) is 1.12. The standard InChI is InChI=1S/C16H18F3N3O/c1-11-5-3-6-13(9-11)15(23)20-7-4-8-22-12(2)10-14(21-22)16(17,18)19/h3,5-6,9-10H,4,7-8H2,1-2H3,(H,20,23). The summed E-state index contributed by atoms with van der Waals surface area (Å²) in [5.74, 6) is -0.193. The first kappa shape index (κ1) is 17.1. The third kappa shape index (κ3) is 4.58. The maximum atomic E-state index is 12.6. The molecule has 0 aliphatic carbocycles. The molecule has 0 atom stereocenters. The van der Waals surface area contributed by atoms with Crippen LogP contribution in [0.25, 0.3) is 0 Å². The quantitative estimate of drug-likeness (QED) is 0.857. The number of hydrogen-bond acceptors (Lipinski definition) is 2. The van der Waals surface area contributed by atoms with Crippen LogP contribution in [0, 0.1) is 13.8 Å². The van der Waals surface area contributed by atoms with Gasteiger partial charge in [-0.25, -0.2) is 0 Å². The van der Waals surface area contributed by atoms with Crippen molar-refractivity contribution in [3.8, 4) is 0 Å². The lowest BCUT2D eigenvalue weighted by Crippen LogP contribution is -2.25. The largest absolute Gasteiger partial charge is 0.435 e. The van der Waals surface area contributed by atoms with Gasteiger partial charge >= 0.3 is 6.18 Å². The molecule has 0 aliphatic heterocycles. The normalized spacial score (nSPS) is 11.5. The third-order valence-electron chi connectivity index (χ3n) is 3.38. The molecule has 0 unspecified atom stereocenters. The summed E-state index contributed by atoms with van der Waals surface area (Å²) in [6, 6.07) is 8.22. The fourth-order valence-electron chi connectivity index (χ4n) is 2.19. The van der Waals surface area contributed by atoms with Crippen molar-refractivity contribution in [1.82, 2.24) is 15.1 Å². The molecule has 2 aromatic rings. The lowest BCUT2D eigenvalue weighted by molar-refractivity contribution is -0.141. The summed E-state index contributed by atoms with van der Waals surface area (Å²) in [6.07, 6.45) is -3.94. The maximum absolute atomic E-state index is 12.6. The summed E-state index contributed by atoms with van der Waals surface area (Å²) in [4.78, 5) is 11.9. The second-order valence-electron chi connectivity index (χ2n) is 5.37. The van der Waals surface area contributed by atoms with Gasteiger partial charge in [0.1, 0.15) is 0 Å². The number of carbonyl (C=O) groups excluding carboxylic acids is 1. The van der Waals surface area contributed by atoms with E-state index in [-0.39, 0.29) is 5.91 Å². The second kappa shape index (κ2) is 6.85. The molecule has 1 aromatic carbocycles. The van der Waals surface area contributed by atoms with Gasteiger partial charge in [0.25, 0.3) is 5.91 Å². The molecular formula is C16H18F3N3O. The monoisotopic (exact) mass is 325 g/mol. The number of halogens is 3. The average Bonchev–Trinajstić information content (AvgIpc) is 2.85. The van der Waals surface area contributed by atoms with Gasteiger partial charge < -0.3 is 5.32 Å². The Hall–Kier alpha value is -2.31. The van der Waals surface area contributed by atoms with Crippen LogP contribution in [0.2, 0.25) is 0 Å². The Morgan fingerprint density at radius 3 is 2.61 bits per heavy atom. The van der Waals surface area contributed by atoms with Gasteiger partial charge in [-0.1, -0.05) is 17.7 Å². The molecule has 1 amide bonds. The number of aryl methyl sites for hydroxylation is 3. The predicted octanol–water partition coefficient (Wildman–Crippen LogP) is 3.34. The van der Waals surface area contributed by atoms with Crippen molar-refractivity contribution < 1.29 is 18.0 Å². The first-order valence-electron chi connectivity index (χ1n) is 7.24. The molecule has 1 N–H and O–H groups in total. The highest BCUT2D eigenvalue weighted by Crippen LogP contribution is 2.28. The summed E-state index contributed by atoms with van der Waals surface area (Å²) in [6.45, 7) is 4.16. The topological polar surface area (TPSA) is 46.9 Å². The van der Waals surface area contributed by atoms with Crippen LogP contribution in [0.4, 0.5) is 13.2 Å². The van der Waals surface area contributed by atoms with Gasteiger partial charge in [0.2, 0.25) is 0 Å². The van der Waals surface area contributed by atoms with Crippen LogP contribution < -0.4 is 5.32 Å². The van der Waals surface area contributed by atoms with Crippen molar-refractivity contribution in [2.45, 2.75) is 33.0 Å². The minimum atomic E-state index is -4.44. The van der Waals surface area contributed by atoms with Gasteiger partial charge in [0, 0.05) is 24.3 Å². The number of nitrogens with zero attached hydrogens (tertiary/aromatic N) is 2. The first-order chi connectivity index (χ1) is 10.8. The predicted molar refractivity (Wildman–Crippen MR) is 80.1 cm³/mol. The van der Waals surface area contributed by atoms with E-state index >= 15 is 0 Å². The highest BCUT2D eigenvalue weighted by Gasteiger charge is 2.34. The molecule has 124 valence electrons. The maximum Gasteiger partial charge on any atom is 0.435 e. The lowest BCUT2D eigenvalue weighted by atomic mass is 10.1. The molecule has 0 bridgehead atoms. The van der Waals surface area contributed by atoms with Gasteiger partial charge in [-0.15, -0.1) is 0 Å². The molecule has 0 saturated carbocycles. The highest BCUT2D eigenvalue weighted by molar-refractivity contribution is 5.94. The average molecular weight is 325 g/mol. The van der Waals surface area contributed by atoms with E-state index in [4.69, 9.17) is 0 Å². The van der Waals surface area contributed by atoms with E-state index in [2.05, 4.69) is 10.4 Å². The highest BCUT2D eigenvalue weighted by atomic mass is 19.4. The van der Waals surface area contributed by atoms with Crippen molar-refractivity contribution in [1.29, 1.82) is 0 Å². The summed E-state index contributed by atoms with van der Waals surface area (Å²) >= 11 is 0. The van der Waals surface area contributed by atoms with Crippen molar-refractivity contribution in [2.75, 3.05) is 6.54 Å². The molecule has 0 spiro atoms. The van der Waals surface area contributed by atoms with E-state index in [9.17, 15) is 18.0 Å². The van der Waals surface area contributed by atoms with E-state index < -0.39 is 11.9 Å². The number of hydrogen-bond donors (Lipinski definition) is 1. The number of benzene rings is 1. The molecule has 2 rings (SSSR count). The van der Waals surface area contributed by atoms with E-state index in [1.807, 2.05) is 13.0 Å². The Balaban J connectivity index is 1.84. The Bertz CT molecular complexity index is 692. The summed E-state index contributed by atoms with van der Waals surface area (Å²) in [7, 11) is 0. The first-order valence-corrected chi connectivity index (χ1v) is 7.24. The van der Waals surface area contributed by atoms with E-state index in [0.29, 0.717) is 30.8 Å².